The number of nitrogens with one attached hydrogen (secondary N) is 2. The van der Waals surface area contributed by atoms with Gasteiger partial charge >= 0.3 is 12.0 Å². The van der Waals surface area contributed by atoms with Gasteiger partial charge in [-0.25, -0.2) is 17.9 Å². The van der Waals surface area contributed by atoms with Crippen LogP contribution >= 0.6 is 11.3 Å². The quantitative estimate of drug-likeness (QED) is 0.851. The second-order valence-electron chi connectivity index (χ2n) is 4.09. The van der Waals surface area contributed by atoms with E-state index in [1.54, 1.807) is 19.2 Å². The molecule has 0 fully saturated rings. The lowest BCUT2D eigenvalue weighted by Gasteiger charge is -2.08. The van der Waals surface area contributed by atoms with Gasteiger partial charge in [-0.2, -0.15) is 15.0 Å². The molecule has 2 N–H and O–H groups in total. The van der Waals surface area contributed by atoms with Gasteiger partial charge in [-0.1, -0.05) is 0 Å². The molecule has 2 heterocycles. The number of rotatable bonds is 4. The van der Waals surface area contributed by atoms with Gasteiger partial charge < -0.3 is 4.74 Å². The van der Waals surface area contributed by atoms with Crippen LogP contribution in [0.2, 0.25) is 0 Å². The number of carbonyl (C=O) groups excluding carboxylic acids is 1. The minimum Gasteiger partial charge on any atom is -0.467 e. The summed E-state index contributed by atoms with van der Waals surface area (Å²) in [6.07, 6.45) is 0. The maximum Gasteiger partial charge on any atom is 0.335 e. The fraction of sp³-hybridized carbons (Fsp3) is 0.273. The van der Waals surface area contributed by atoms with Crippen molar-refractivity contribution in [3.05, 3.63) is 22.1 Å². The molecular weight excluding hydrogens is 330 g/mol. The predicted molar refractivity (Wildman–Crippen MR) is 79.5 cm³/mol. The average molecular weight is 343 g/mol. The Morgan fingerprint density at radius 1 is 1.27 bits per heavy atom. The van der Waals surface area contributed by atoms with Crippen molar-refractivity contribution in [1.29, 1.82) is 0 Å². The Kier molecular flexibility index (Phi) is 4.56. The second-order valence-corrected chi connectivity index (χ2v) is 6.86. The molecule has 0 atom stereocenters. The van der Waals surface area contributed by atoms with Crippen LogP contribution in [0.3, 0.4) is 0 Å². The van der Waals surface area contributed by atoms with E-state index >= 15 is 0 Å². The summed E-state index contributed by atoms with van der Waals surface area (Å²) in [6.45, 7) is 3.23. The lowest BCUT2D eigenvalue weighted by Crippen LogP contribution is -2.35. The molecule has 0 saturated carbocycles. The SMILES string of the molecule is COc1nc(C)nc(NC(=O)NS(=O)(=O)c2ccsc2C)n1. The van der Waals surface area contributed by atoms with Crippen molar-refractivity contribution in [1.82, 2.24) is 19.7 Å². The number of aryl methyl sites for hydroxylation is 2. The topological polar surface area (TPSA) is 123 Å². The van der Waals surface area contributed by atoms with E-state index in [2.05, 4.69) is 20.3 Å². The van der Waals surface area contributed by atoms with Gasteiger partial charge in [-0.15, -0.1) is 11.3 Å². The summed E-state index contributed by atoms with van der Waals surface area (Å²) in [7, 11) is -2.58. The number of ether oxygens (including phenoxy) is 1. The fourth-order valence-corrected chi connectivity index (χ4v) is 3.74. The van der Waals surface area contributed by atoms with E-state index in [1.807, 2.05) is 4.72 Å². The van der Waals surface area contributed by atoms with E-state index in [0.29, 0.717) is 10.7 Å². The summed E-state index contributed by atoms with van der Waals surface area (Å²) >= 11 is 1.27. The largest absolute Gasteiger partial charge is 0.467 e. The molecule has 0 aliphatic carbocycles. The number of sulfonamides is 1. The number of thiophene rings is 1. The molecular formula is C11H13N5O4S2. The van der Waals surface area contributed by atoms with Crippen molar-refractivity contribution < 1.29 is 17.9 Å². The molecule has 0 bridgehead atoms. The van der Waals surface area contributed by atoms with Crippen LogP contribution < -0.4 is 14.8 Å². The van der Waals surface area contributed by atoms with Crippen molar-refractivity contribution in [2.24, 2.45) is 0 Å². The third kappa shape index (κ3) is 3.68. The van der Waals surface area contributed by atoms with Crippen LogP contribution in [0.5, 0.6) is 6.01 Å². The van der Waals surface area contributed by atoms with Crippen LogP contribution in [-0.2, 0) is 10.0 Å². The molecule has 9 nitrogen and oxygen atoms in total. The molecule has 22 heavy (non-hydrogen) atoms. The molecule has 2 aromatic rings. The smallest absolute Gasteiger partial charge is 0.335 e. The molecule has 0 unspecified atom stereocenters. The first kappa shape index (κ1) is 16.1. The highest BCUT2D eigenvalue weighted by molar-refractivity contribution is 7.90. The standard InChI is InChI=1S/C11H13N5O4S2/c1-6-8(4-5-21-6)22(18,19)16-10(17)14-9-12-7(2)13-11(15-9)20-3/h4-5H,1-3H3,(H2,12,13,14,15,16,17). The summed E-state index contributed by atoms with van der Waals surface area (Å²) in [5.74, 6) is 0.206. The van der Waals surface area contributed by atoms with Crippen LogP contribution in [0.25, 0.3) is 0 Å². The third-order valence-electron chi connectivity index (χ3n) is 2.46. The zero-order valence-electron chi connectivity index (χ0n) is 11.9. The Morgan fingerprint density at radius 3 is 2.59 bits per heavy atom. The maximum atomic E-state index is 12.1. The Hall–Kier alpha value is -2.27. The summed E-state index contributed by atoms with van der Waals surface area (Å²) in [5, 5.41) is 3.85. The number of carbonyl (C=O) groups is 1. The van der Waals surface area contributed by atoms with Crippen LogP contribution in [0, 0.1) is 13.8 Å². The van der Waals surface area contributed by atoms with Gasteiger partial charge in [0.2, 0.25) is 5.95 Å². The van der Waals surface area contributed by atoms with Gasteiger partial charge in [0.25, 0.3) is 10.0 Å². The first-order valence-corrected chi connectivity index (χ1v) is 8.32. The highest BCUT2D eigenvalue weighted by Crippen LogP contribution is 2.20. The van der Waals surface area contributed by atoms with Crippen molar-refractivity contribution in [3.63, 3.8) is 0 Å². The zero-order valence-corrected chi connectivity index (χ0v) is 13.6. The summed E-state index contributed by atoms with van der Waals surface area (Å²) in [6, 6.07) is 0.462. The molecule has 0 aliphatic rings. The number of methoxy groups -OCH3 is 1. The first-order chi connectivity index (χ1) is 10.3. The van der Waals surface area contributed by atoms with Crippen LogP contribution in [0.1, 0.15) is 10.7 Å². The summed E-state index contributed by atoms with van der Waals surface area (Å²) in [4.78, 5) is 24.0. The maximum absolute atomic E-state index is 12.1. The van der Waals surface area contributed by atoms with Crippen LogP contribution in [0.4, 0.5) is 10.7 Å². The third-order valence-corrected chi connectivity index (χ3v) is 4.91. The van der Waals surface area contributed by atoms with E-state index in [1.165, 1.54) is 24.5 Å². The van der Waals surface area contributed by atoms with Gasteiger partial charge in [0.15, 0.2) is 0 Å². The molecule has 2 rings (SSSR count). The normalized spacial score (nSPS) is 11.0. The minimum atomic E-state index is -3.95. The number of amides is 2. The number of anilines is 1. The molecule has 11 heteroatoms. The van der Waals surface area contributed by atoms with Crippen molar-refractivity contribution in [3.8, 4) is 6.01 Å². The molecule has 2 aromatic heterocycles. The van der Waals surface area contributed by atoms with Crippen molar-refractivity contribution in [2.45, 2.75) is 18.7 Å². The van der Waals surface area contributed by atoms with E-state index in [9.17, 15) is 13.2 Å². The highest BCUT2D eigenvalue weighted by Gasteiger charge is 2.21. The number of aromatic nitrogens is 3. The van der Waals surface area contributed by atoms with Gasteiger partial charge in [-0.05, 0) is 25.3 Å². The molecule has 0 spiro atoms. The number of nitrogens with zero attached hydrogens (tertiary/aromatic N) is 3. The Morgan fingerprint density at radius 2 is 2.00 bits per heavy atom. The number of urea groups is 1. The summed E-state index contributed by atoms with van der Waals surface area (Å²) in [5.41, 5.74) is 0. The van der Waals surface area contributed by atoms with Crippen molar-refractivity contribution in [2.75, 3.05) is 12.4 Å². The summed E-state index contributed by atoms with van der Waals surface area (Å²) < 4.78 is 30.9. The lowest BCUT2D eigenvalue weighted by atomic mass is 10.5. The Balaban J connectivity index is 2.14. The van der Waals surface area contributed by atoms with Crippen molar-refractivity contribution >= 4 is 33.3 Å². The molecule has 0 radical (unpaired) electrons. The minimum absolute atomic E-state index is 0.0133. The highest BCUT2D eigenvalue weighted by atomic mass is 32.2. The Bertz CT molecular complexity index is 803. The van der Waals surface area contributed by atoms with Gasteiger partial charge in [-0.3, -0.25) is 5.32 Å². The van der Waals surface area contributed by atoms with E-state index in [0.717, 1.165) is 0 Å². The van der Waals surface area contributed by atoms with E-state index in [4.69, 9.17) is 4.74 Å². The van der Waals surface area contributed by atoms with E-state index < -0.39 is 16.1 Å². The monoisotopic (exact) mass is 343 g/mol. The first-order valence-electron chi connectivity index (χ1n) is 5.96. The number of hydrogen-bond acceptors (Lipinski definition) is 8. The Labute approximate surface area is 130 Å². The van der Waals surface area contributed by atoms with Gasteiger partial charge in [0.1, 0.15) is 10.7 Å². The van der Waals surface area contributed by atoms with Gasteiger partial charge in [0, 0.05) is 4.88 Å². The fourth-order valence-electron chi connectivity index (χ4n) is 1.56. The average Bonchev–Trinajstić information content (AvgIpc) is 2.84. The van der Waals surface area contributed by atoms with E-state index in [-0.39, 0.29) is 16.9 Å². The predicted octanol–water partition coefficient (Wildman–Crippen LogP) is 1.07. The molecule has 0 saturated heterocycles. The molecule has 0 aliphatic heterocycles. The second kappa shape index (κ2) is 6.23. The van der Waals surface area contributed by atoms with Crippen LogP contribution in [0.15, 0.2) is 16.3 Å². The molecule has 2 amide bonds. The lowest BCUT2D eigenvalue weighted by molar-refractivity contribution is 0.256. The molecule has 118 valence electrons. The van der Waals surface area contributed by atoms with Gasteiger partial charge in [0.05, 0.1) is 7.11 Å². The molecule has 0 aromatic carbocycles. The zero-order chi connectivity index (χ0) is 16.3. The van der Waals surface area contributed by atoms with Crippen LogP contribution in [-0.4, -0.2) is 36.5 Å². The number of hydrogen-bond donors (Lipinski definition) is 2.